The first kappa shape index (κ1) is 7.08. The van der Waals surface area contributed by atoms with Crippen molar-refractivity contribution in [3.8, 4) is 0 Å². The smallest absolute Gasteiger partial charge is 0.308 e. The van der Waals surface area contributed by atoms with E-state index in [1.165, 1.54) is 9.80 Å². The molecular weight excluding hydrogens is 130 g/mol. The van der Waals surface area contributed by atoms with Crippen LogP contribution in [0.1, 0.15) is 0 Å². The van der Waals surface area contributed by atoms with Crippen molar-refractivity contribution in [3.63, 3.8) is 0 Å². The summed E-state index contributed by atoms with van der Waals surface area (Å²) in [5.74, 6) is 0. The Hall–Kier alpha value is -1.03. The van der Waals surface area contributed by atoms with Crippen molar-refractivity contribution in [1.29, 1.82) is 0 Å². The Kier molecular flexibility index (Phi) is 1.63. The Morgan fingerprint density at radius 2 is 2.20 bits per heavy atom. The van der Waals surface area contributed by atoms with Crippen LogP contribution in [0.2, 0.25) is 0 Å². The molecule has 0 aliphatic carbocycles. The van der Waals surface area contributed by atoms with E-state index in [1.54, 1.807) is 26.4 Å². The van der Waals surface area contributed by atoms with Crippen molar-refractivity contribution in [3.05, 3.63) is 12.3 Å². The van der Waals surface area contributed by atoms with Crippen LogP contribution in [0.4, 0.5) is 4.79 Å². The quantitative estimate of drug-likeness (QED) is 0.507. The highest BCUT2D eigenvalue weighted by atomic mass is 16.2. The highest BCUT2D eigenvalue weighted by Crippen LogP contribution is 2.04. The number of likely N-dealkylation sites (N-methyl/N-ethyl adjacent to an activating group) is 1. The lowest BCUT2D eigenvalue weighted by Gasteiger charge is -2.30. The SMILES string of the molecule is CN1C=CC(N)N(C)C1=O. The molecule has 4 heteroatoms. The van der Waals surface area contributed by atoms with Crippen LogP contribution >= 0.6 is 0 Å². The monoisotopic (exact) mass is 141 g/mol. The Labute approximate surface area is 59.9 Å². The number of nitrogens with zero attached hydrogens (tertiary/aromatic N) is 2. The zero-order valence-electron chi connectivity index (χ0n) is 6.11. The third-order valence-corrected chi connectivity index (χ3v) is 1.56. The summed E-state index contributed by atoms with van der Waals surface area (Å²) in [6, 6.07) is -0.0741. The molecular formula is C6H11N3O. The van der Waals surface area contributed by atoms with Crippen molar-refractivity contribution >= 4 is 6.03 Å². The van der Waals surface area contributed by atoms with Gasteiger partial charge in [0.1, 0.15) is 6.17 Å². The minimum Gasteiger partial charge on any atom is -0.308 e. The maximum Gasteiger partial charge on any atom is 0.324 e. The molecule has 1 unspecified atom stereocenters. The van der Waals surface area contributed by atoms with Gasteiger partial charge in [0.05, 0.1) is 0 Å². The molecule has 10 heavy (non-hydrogen) atoms. The van der Waals surface area contributed by atoms with Gasteiger partial charge in [0, 0.05) is 20.3 Å². The fraction of sp³-hybridized carbons (Fsp3) is 0.500. The molecule has 0 spiro atoms. The molecule has 0 saturated carbocycles. The van der Waals surface area contributed by atoms with Gasteiger partial charge in [-0.3, -0.25) is 0 Å². The molecule has 1 aliphatic rings. The largest absolute Gasteiger partial charge is 0.324 e. The Bertz CT molecular complexity index is 178. The minimum atomic E-state index is -0.274. The first-order valence-corrected chi connectivity index (χ1v) is 3.06. The van der Waals surface area contributed by atoms with E-state index in [0.717, 1.165) is 0 Å². The van der Waals surface area contributed by atoms with Gasteiger partial charge in [0.2, 0.25) is 0 Å². The number of rotatable bonds is 0. The third kappa shape index (κ3) is 0.974. The lowest BCUT2D eigenvalue weighted by molar-refractivity contribution is 0.171. The van der Waals surface area contributed by atoms with Crippen molar-refractivity contribution < 1.29 is 4.79 Å². The first-order chi connectivity index (χ1) is 4.63. The lowest BCUT2D eigenvalue weighted by atomic mass is 10.4. The average Bonchev–Trinajstić information content (AvgIpc) is 1.93. The minimum absolute atomic E-state index is 0.0741. The molecule has 1 rings (SSSR count). The Morgan fingerprint density at radius 1 is 1.60 bits per heavy atom. The third-order valence-electron chi connectivity index (χ3n) is 1.56. The number of hydrogen-bond donors (Lipinski definition) is 1. The van der Waals surface area contributed by atoms with Crippen LogP contribution < -0.4 is 5.73 Å². The molecule has 0 saturated heterocycles. The van der Waals surface area contributed by atoms with Crippen LogP contribution in [-0.2, 0) is 0 Å². The van der Waals surface area contributed by atoms with Crippen molar-refractivity contribution in [2.24, 2.45) is 5.73 Å². The van der Waals surface area contributed by atoms with E-state index in [4.69, 9.17) is 5.73 Å². The topological polar surface area (TPSA) is 49.6 Å². The van der Waals surface area contributed by atoms with Gasteiger partial charge < -0.3 is 15.5 Å². The van der Waals surface area contributed by atoms with Crippen LogP contribution in [0.15, 0.2) is 12.3 Å². The second kappa shape index (κ2) is 2.30. The number of amides is 2. The molecule has 0 aromatic carbocycles. The zero-order chi connectivity index (χ0) is 7.72. The number of carbonyl (C=O) groups excluding carboxylic acids is 1. The van der Waals surface area contributed by atoms with Gasteiger partial charge in [0.15, 0.2) is 0 Å². The van der Waals surface area contributed by atoms with Gasteiger partial charge in [-0.15, -0.1) is 0 Å². The maximum absolute atomic E-state index is 11.1. The molecule has 0 bridgehead atoms. The normalized spacial score (nSPS) is 25.9. The van der Waals surface area contributed by atoms with E-state index < -0.39 is 0 Å². The Balaban J connectivity index is 2.79. The van der Waals surface area contributed by atoms with Gasteiger partial charge in [-0.25, -0.2) is 4.79 Å². The molecule has 1 atom stereocenters. The van der Waals surface area contributed by atoms with Crippen molar-refractivity contribution in [2.75, 3.05) is 14.1 Å². The summed E-state index contributed by atoms with van der Waals surface area (Å²) in [4.78, 5) is 14.0. The van der Waals surface area contributed by atoms with E-state index in [-0.39, 0.29) is 12.2 Å². The summed E-state index contributed by atoms with van der Waals surface area (Å²) >= 11 is 0. The second-order valence-corrected chi connectivity index (χ2v) is 2.34. The van der Waals surface area contributed by atoms with E-state index in [1.807, 2.05) is 0 Å². The number of nitrogens with two attached hydrogens (primary N) is 1. The zero-order valence-corrected chi connectivity index (χ0v) is 6.11. The van der Waals surface area contributed by atoms with E-state index >= 15 is 0 Å². The highest BCUT2D eigenvalue weighted by Gasteiger charge is 2.20. The molecule has 0 aromatic rings. The molecule has 1 aliphatic heterocycles. The van der Waals surface area contributed by atoms with Crippen LogP contribution in [0, 0.1) is 0 Å². The molecule has 0 radical (unpaired) electrons. The van der Waals surface area contributed by atoms with Gasteiger partial charge in [0.25, 0.3) is 0 Å². The van der Waals surface area contributed by atoms with Gasteiger partial charge in [-0.05, 0) is 6.08 Å². The van der Waals surface area contributed by atoms with Crippen LogP contribution in [0.25, 0.3) is 0 Å². The summed E-state index contributed by atoms with van der Waals surface area (Å²) in [5.41, 5.74) is 5.52. The molecule has 2 N–H and O–H groups in total. The molecule has 2 amide bonds. The second-order valence-electron chi connectivity index (χ2n) is 2.34. The van der Waals surface area contributed by atoms with Gasteiger partial charge in [-0.2, -0.15) is 0 Å². The van der Waals surface area contributed by atoms with Crippen molar-refractivity contribution in [2.45, 2.75) is 6.17 Å². The Morgan fingerprint density at radius 3 is 2.70 bits per heavy atom. The van der Waals surface area contributed by atoms with Crippen LogP contribution in [0.5, 0.6) is 0 Å². The van der Waals surface area contributed by atoms with E-state index in [0.29, 0.717) is 0 Å². The standard InChI is InChI=1S/C6H11N3O/c1-8-4-3-5(7)9(2)6(8)10/h3-5H,7H2,1-2H3. The van der Waals surface area contributed by atoms with E-state index in [9.17, 15) is 4.79 Å². The molecule has 4 nitrogen and oxygen atoms in total. The average molecular weight is 141 g/mol. The summed E-state index contributed by atoms with van der Waals surface area (Å²) < 4.78 is 0. The predicted octanol–water partition coefficient (Wildman–Crippen LogP) is -0.218. The number of hydrogen-bond acceptors (Lipinski definition) is 2. The summed E-state index contributed by atoms with van der Waals surface area (Å²) in [7, 11) is 3.37. The molecule has 56 valence electrons. The number of carbonyl (C=O) groups is 1. The molecule has 0 fully saturated rings. The lowest BCUT2D eigenvalue weighted by Crippen LogP contribution is -2.49. The van der Waals surface area contributed by atoms with Gasteiger partial charge in [-0.1, -0.05) is 0 Å². The fourth-order valence-corrected chi connectivity index (χ4v) is 0.786. The van der Waals surface area contributed by atoms with Gasteiger partial charge >= 0.3 is 6.03 Å². The maximum atomic E-state index is 11.1. The van der Waals surface area contributed by atoms with Crippen LogP contribution in [0.3, 0.4) is 0 Å². The summed E-state index contributed by atoms with van der Waals surface area (Å²) in [5, 5.41) is 0. The molecule has 1 heterocycles. The summed E-state index contributed by atoms with van der Waals surface area (Å²) in [6.07, 6.45) is 3.16. The number of urea groups is 1. The first-order valence-electron chi connectivity index (χ1n) is 3.06. The summed E-state index contributed by atoms with van der Waals surface area (Å²) in [6.45, 7) is 0. The highest BCUT2D eigenvalue weighted by molar-refractivity contribution is 5.76. The molecule has 0 aromatic heterocycles. The van der Waals surface area contributed by atoms with Crippen LogP contribution in [-0.4, -0.2) is 36.1 Å². The predicted molar refractivity (Wildman–Crippen MR) is 38.0 cm³/mol. The van der Waals surface area contributed by atoms with Crippen molar-refractivity contribution in [1.82, 2.24) is 9.80 Å². The van der Waals surface area contributed by atoms with E-state index in [2.05, 4.69) is 0 Å². The fourth-order valence-electron chi connectivity index (χ4n) is 0.786.